The van der Waals surface area contributed by atoms with Gasteiger partial charge in [0.15, 0.2) is 12.1 Å². The van der Waals surface area contributed by atoms with E-state index in [2.05, 4.69) is 21.3 Å². The third-order valence-electron chi connectivity index (χ3n) is 10.3. The Morgan fingerprint density at radius 1 is 0.833 bits per heavy atom. The number of aryl methyl sites for hydroxylation is 1. The van der Waals surface area contributed by atoms with E-state index >= 15 is 0 Å². The molecule has 1 saturated carbocycles. The summed E-state index contributed by atoms with van der Waals surface area (Å²) < 4.78 is 17.6. The molecule has 4 amide bonds. The van der Waals surface area contributed by atoms with E-state index in [-0.39, 0.29) is 31.1 Å². The molecule has 14 heteroatoms. The van der Waals surface area contributed by atoms with Gasteiger partial charge in [0.05, 0.1) is 12.6 Å². The van der Waals surface area contributed by atoms with Crippen molar-refractivity contribution < 1.29 is 47.8 Å². The van der Waals surface area contributed by atoms with Gasteiger partial charge in [-0.25, -0.2) is 9.59 Å². The Kier molecular flexibility index (Phi) is 16.0. The van der Waals surface area contributed by atoms with E-state index in [9.17, 15) is 33.6 Å². The van der Waals surface area contributed by atoms with E-state index in [1.807, 2.05) is 24.3 Å². The van der Waals surface area contributed by atoms with Crippen LogP contribution in [0.3, 0.4) is 0 Å². The Balaban J connectivity index is 1.32. The second kappa shape index (κ2) is 21.3. The molecule has 4 atom stereocenters. The molecule has 4 N–H and O–H groups in total. The maximum absolute atomic E-state index is 14.1. The van der Waals surface area contributed by atoms with Gasteiger partial charge < -0.3 is 35.5 Å². The molecule has 2 heterocycles. The Bertz CT molecular complexity index is 1990. The Morgan fingerprint density at radius 3 is 2.23 bits per heavy atom. The molecule has 3 aliphatic rings. The molecule has 0 spiro atoms. The first-order valence-corrected chi connectivity index (χ1v) is 20.7. The van der Waals surface area contributed by atoms with Crippen molar-refractivity contribution in [2.24, 2.45) is 5.92 Å². The van der Waals surface area contributed by atoms with Crippen LogP contribution in [0.2, 0.25) is 0 Å². The van der Waals surface area contributed by atoms with Crippen LogP contribution in [-0.2, 0) is 55.9 Å². The Hall–Kier alpha value is -6.05. The maximum atomic E-state index is 14.1. The van der Waals surface area contributed by atoms with Crippen molar-refractivity contribution in [2.75, 3.05) is 6.54 Å². The highest BCUT2D eigenvalue weighted by Gasteiger charge is 2.37. The van der Waals surface area contributed by atoms with Gasteiger partial charge in [0, 0.05) is 12.8 Å². The molecule has 14 nitrogen and oxygen atoms in total. The summed E-state index contributed by atoms with van der Waals surface area (Å²) in [5.41, 5.74) is 1.13. The largest absolute Gasteiger partial charge is 0.458 e. The molecule has 2 aliphatic heterocycles. The highest BCUT2D eigenvalue weighted by molar-refractivity contribution is 6.38. The number of carbonyl (C=O) groups excluding carboxylic acids is 7. The summed E-state index contributed by atoms with van der Waals surface area (Å²) in [4.78, 5) is 94.4. The minimum Gasteiger partial charge on any atom is -0.458 e. The quantitative estimate of drug-likeness (QED) is 0.141. The zero-order chi connectivity index (χ0) is 43.2. The number of Topliss-reactive ketones (excluding diaryl/α,β-unsaturated/α-hetero) is 1. The summed E-state index contributed by atoms with van der Waals surface area (Å²) >= 11 is 0. The summed E-state index contributed by atoms with van der Waals surface area (Å²) in [7, 11) is 0. The molecular formula is C46H56N4O10. The van der Waals surface area contributed by atoms with Crippen molar-refractivity contribution in [3.8, 4) is 11.5 Å². The number of hydrogen-bond donors (Lipinski definition) is 4. The van der Waals surface area contributed by atoms with Gasteiger partial charge in [-0.1, -0.05) is 87.2 Å². The van der Waals surface area contributed by atoms with E-state index in [0.29, 0.717) is 48.3 Å². The molecule has 0 aromatic heterocycles. The van der Waals surface area contributed by atoms with Gasteiger partial charge in [0.1, 0.15) is 23.1 Å². The number of ether oxygens (including phenoxy) is 3. The molecule has 60 heavy (non-hydrogen) atoms. The molecule has 1 unspecified atom stereocenters. The van der Waals surface area contributed by atoms with Crippen molar-refractivity contribution in [3.63, 3.8) is 0 Å². The number of esters is 2. The molecule has 0 saturated heterocycles. The van der Waals surface area contributed by atoms with Gasteiger partial charge in [-0.2, -0.15) is 0 Å². The smallest absolute Gasteiger partial charge is 0.333 e. The minimum absolute atomic E-state index is 0.0579. The normalized spacial score (nSPS) is 18.6. The van der Waals surface area contributed by atoms with Gasteiger partial charge in [-0.15, -0.1) is 0 Å². The van der Waals surface area contributed by atoms with Crippen LogP contribution in [0, 0.1) is 5.92 Å². The van der Waals surface area contributed by atoms with E-state index in [4.69, 9.17) is 14.2 Å². The average molecular weight is 825 g/mol. The summed E-state index contributed by atoms with van der Waals surface area (Å²) in [5.74, 6) is -4.69. The fourth-order valence-corrected chi connectivity index (χ4v) is 7.28. The lowest BCUT2D eigenvalue weighted by atomic mass is 9.83. The van der Waals surface area contributed by atoms with Crippen LogP contribution in [0.15, 0.2) is 78.9 Å². The van der Waals surface area contributed by atoms with Crippen LogP contribution in [0.5, 0.6) is 11.5 Å². The molecule has 1 aliphatic carbocycles. The minimum atomic E-state index is -1.46. The van der Waals surface area contributed by atoms with E-state index in [1.165, 1.54) is 0 Å². The topological polar surface area (TPSA) is 195 Å². The molecule has 4 bridgehead atoms. The van der Waals surface area contributed by atoms with Crippen LogP contribution >= 0.6 is 0 Å². The zero-order valence-electron chi connectivity index (χ0n) is 34.8. The number of carbonyl (C=O) groups is 7. The fourth-order valence-electron chi connectivity index (χ4n) is 7.28. The second-order valence-corrected chi connectivity index (χ2v) is 16.3. The Morgan fingerprint density at radius 2 is 1.55 bits per heavy atom. The number of amides is 4. The highest BCUT2D eigenvalue weighted by Crippen LogP contribution is 2.29. The summed E-state index contributed by atoms with van der Waals surface area (Å²) in [6, 6.07) is 19.3. The van der Waals surface area contributed by atoms with E-state index < -0.39 is 71.8 Å². The zero-order valence-corrected chi connectivity index (χ0v) is 34.8. The van der Waals surface area contributed by atoms with Crippen LogP contribution in [-0.4, -0.2) is 71.7 Å². The number of hydrogen-bond acceptors (Lipinski definition) is 10. The van der Waals surface area contributed by atoms with Gasteiger partial charge in [-0.3, -0.25) is 24.0 Å². The summed E-state index contributed by atoms with van der Waals surface area (Å²) in [6.45, 7) is 6.20. The van der Waals surface area contributed by atoms with Crippen molar-refractivity contribution >= 4 is 41.4 Å². The SMILES string of the molecule is CCCC(NC(=O)[C@H]1Cc2cccc(c2)Oc2ccc(cc2)CCC(=O)N[C@@H](C2CCCCC2)C(=O)O1)C(=O)C(=O)NCC(=O)N[C@H](C(=O)OC(C)(C)C)c1ccccc1. The number of nitrogens with one attached hydrogen (secondary N) is 4. The number of fused-ring (bicyclic) bond motifs is 10. The van der Waals surface area contributed by atoms with Crippen molar-refractivity contribution in [3.05, 3.63) is 95.6 Å². The first kappa shape index (κ1) is 45.0. The van der Waals surface area contributed by atoms with Crippen molar-refractivity contribution in [1.29, 1.82) is 0 Å². The average Bonchev–Trinajstić information content (AvgIpc) is 3.22. The van der Waals surface area contributed by atoms with Crippen molar-refractivity contribution in [2.45, 2.75) is 122 Å². The molecule has 3 aromatic carbocycles. The van der Waals surface area contributed by atoms with Crippen molar-refractivity contribution in [1.82, 2.24) is 21.3 Å². The molecule has 1 fully saturated rings. The molecule has 0 radical (unpaired) electrons. The van der Waals surface area contributed by atoms with Crippen LogP contribution in [0.25, 0.3) is 0 Å². The van der Waals surface area contributed by atoms with Crippen LogP contribution in [0.1, 0.15) is 102 Å². The number of benzene rings is 3. The maximum Gasteiger partial charge on any atom is 0.333 e. The predicted molar refractivity (Wildman–Crippen MR) is 221 cm³/mol. The molecule has 320 valence electrons. The highest BCUT2D eigenvalue weighted by atomic mass is 16.6. The van der Waals surface area contributed by atoms with E-state index in [1.54, 1.807) is 82.3 Å². The van der Waals surface area contributed by atoms with Gasteiger partial charge in [-0.05, 0) is 93.3 Å². The standard InChI is InChI=1S/C46H56N4O10/c1-5-13-35(41(53)43(55)47-28-38(52)50-40(32-17-10-7-11-18-32)45(57)60-46(2,3)4)48-42(54)36-27-30-14-12-19-34(26-30)58-33-23-20-29(21-24-33)22-25-37(51)49-39(44(56)59-36)31-15-8-6-9-16-31/h7,10-12,14,17-21,23-24,26,31,35-36,39-40H,5-6,8-9,13,15-16,22,25,27-28H2,1-4H3,(H,47,55)(H,48,54)(H,49,51)(H,50,52)/t35?,36-,39+,40+/m1/s1. The summed E-state index contributed by atoms with van der Waals surface area (Å²) in [6.07, 6.45) is 3.61. The lowest BCUT2D eigenvalue weighted by Gasteiger charge is -2.31. The number of ketones is 1. The number of rotatable bonds is 12. The van der Waals surface area contributed by atoms with Crippen LogP contribution < -0.4 is 26.0 Å². The second-order valence-electron chi connectivity index (χ2n) is 16.3. The third-order valence-corrected chi connectivity index (χ3v) is 10.3. The molecule has 3 aromatic rings. The first-order valence-electron chi connectivity index (χ1n) is 20.7. The van der Waals surface area contributed by atoms with Crippen LogP contribution in [0.4, 0.5) is 0 Å². The lowest BCUT2D eigenvalue weighted by Crippen LogP contribution is -2.53. The molecular weight excluding hydrogens is 769 g/mol. The lowest BCUT2D eigenvalue weighted by molar-refractivity contribution is -0.160. The fraction of sp³-hybridized carbons (Fsp3) is 0.457. The van der Waals surface area contributed by atoms with Gasteiger partial charge in [0.2, 0.25) is 17.6 Å². The monoisotopic (exact) mass is 824 g/mol. The van der Waals surface area contributed by atoms with Gasteiger partial charge >= 0.3 is 11.9 Å². The van der Waals surface area contributed by atoms with E-state index in [0.717, 1.165) is 24.8 Å². The molecule has 6 rings (SSSR count). The van der Waals surface area contributed by atoms with Gasteiger partial charge in [0.25, 0.3) is 11.8 Å². The summed E-state index contributed by atoms with van der Waals surface area (Å²) in [5, 5.41) is 10.4. The predicted octanol–water partition coefficient (Wildman–Crippen LogP) is 5.11. The third kappa shape index (κ3) is 13.5. The first-order chi connectivity index (χ1) is 28.7. The Labute approximate surface area is 350 Å².